The summed E-state index contributed by atoms with van der Waals surface area (Å²) in [5, 5.41) is 8.94. The lowest BCUT2D eigenvalue weighted by Gasteiger charge is -2.27. The fourth-order valence-electron chi connectivity index (χ4n) is 2.47. The number of aliphatic hydroxyl groups is 1. The zero-order chi connectivity index (χ0) is 13.4. The lowest BCUT2D eigenvalue weighted by Crippen LogP contribution is -2.41. The Morgan fingerprint density at radius 3 is 2.78 bits per heavy atom. The van der Waals surface area contributed by atoms with Gasteiger partial charge in [0.2, 0.25) is 10.0 Å². The smallest absolute Gasteiger partial charge is 0.242 e. The van der Waals surface area contributed by atoms with E-state index in [-0.39, 0.29) is 23.0 Å². The Kier molecular flexibility index (Phi) is 3.53. The first-order valence-electron chi connectivity index (χ1n) is 6.16. The molecular weight excluding hydrogens is 252 g/mol. The molecule has 0 spiro atoms. The molecule has 1 atom stereocenters. The van der Waals surface area contributed by atoms with Gasteiger partial charge in [0.05, 0.1) is 11.5 Å². The molecule has 1 saturated carbocycles. The number of rotatable bonds is 4. The third kappa shape index (κ3) is 2.60. The summed E-state index contributed by atoms with van der Waals surface area (Å²) in [6.45, 7) is 3.98. The second-order valence-electron chi connectivity index (χ2n) is 5.57. The average Bonchev–Trinajstić information content (AvgIpc) is 2.86. The van der Waals surface area contributed by atoms with E-state index in [1.807, 2.05) is 0 Å². The van der Waals surface area contributed by atoms with Crippen molar-refractivity contribution in [1.29, 1.82) is 0 Å². The minimum absolute atomic E-state index is 0.00316. The van der Waals surface area contributed by atoms with Crippen molar-refractivity contribution >= 4 is 10.0 Å². The summed E-state index contributed by atoms with van der Waals surface area (Å²) < 4.78 is 27.2. The number of aromatic nitrogens is 1. The highest BCUT2D eigenvalue weighted by molar-refractivity contribution is 7.89. The standard InChI is InChI=1S/C12H20N2O3S/c1-12(2)5-3-4-11(12)14-18(16,17)10-6-9(8-15)13-7-10/h6-7,11,13-15H,3-5,8H2,1-2H3. The van der Waals surface area contributed by atoms with Crippen LogP contribution in [-0.2, 0) is 16.6 Å². The summed E-state index contributed by atoms with van der Waals surface area (Å²) >= 11 is 0. The third-order valence-electron chi connectivity index (χ3n) is 3.75. The van der Waals surface area contributed by atoms with Gasteiger partial charge in [0, 0.05) is 17.9 Å². The van der Waals surface area contributed by atoms with Gasteiger partial charge in [-0.3, -0.25) is 0 Å². The second-order valence-corrected chi connectivity index (χ2v) is 7.29. The fraction of sp³-hybridized carbons (Fsp3) is 0.667. The summed E-state index contributed by atoms with van der Waals surface area (Å²) in [7, 11) is -3.50. The maximum atomic E-state index is 12.2. The number of aliphatic hydroxyl groups excluding tert-OH is 1. The van der Waals surface area contributed by atoms with Gasteiger partial charge >= 0.3 is 0 Å². The lowest BCUT2D eigenvalue weighted by atomic mass is 9.88. The van der Waals surface area contributed by atoms with Crippen LogP contribution in [0.25, 0.3) is 0 Å². The van der Waals surface area contributed by atoms with Gasteiger partial charge in [-0.15, -0.1) is 0 Å². The van der Waals surface area contributed by atoms with Crippen molar-refractivity contribution in [2.24, 2.45) is 5.41 Å². The van der Waals surface area contributed by atoms with Crippen LogP contribution in [0.3, 0.4) is 0 Å². The van der Waals surface area contributed by atoms with Crippen molar-refractivity contribution in [3.63, 3.8) is 0 Å². The zero-order valence-corrected chi connectivity index (χ0v) is 11.5. The molecule has 1 aliphatic carbocycles. The summed E-state index contributed by atoms with van der Waals surface area (Å²) in [4.78, 5) is 2.93. The molecule has 1 aromatic heterocycles. The highest BCUT2D eigenvalue weighted by Crippen LogP contribution is 2.37. The van der Waals surface area contributed by atoms with Gasteiger partial charge in [-0.05, 0) is 24.3 Å². The van der Waals surface area contributed by atoms with Crippen LogP contribution in [0.2, 0.25) is 0 Å². The Morgan fingerprint density at radius 1 is 1.56 bits per heavy atom. The molecule has 1 heterocycles. The Morgan fingerprint density at radius 2 is 2.28 bits per heavy atom. The monoisotopic (exact) mass is 272 g/mol. The zero-order valence-electron chi connectivity index (χ0n) is 10.7. The largest absolute Gasteiger partial charge is 0.390 e. The van der Waals surface area contributed by atoms with Gasteiger partial charge in [0.25, 0.3) is 0 Å². The normalized spacial score (nSPS) is 23.4. The number of sulfonamides is 1. The molecule has 0 saturated heterocycles. The predicted octanol–water partition coefficient (Wildman–Crippen LogP) is 1.36. The van der Waals surface area contributed by atoms with Crippen LogP contribution < -0.4 is 4.72 Å². The second kappa shape index (κ2) is 4.68. The molecule has 2 rings (SSSR count). The molecule has 102 valence electrons. The van der Waals surface area contributed by atoms with Crippen molar-refractivity contribution in [2.75, 3.05) is 0 Å². The van der Waals surface area contributed by atoms with Crippen molar-refractivity contribution < 1.29 is 13.5 Å². The number of aromatic amines is 1. The quantitative estimate of drug-likeness (QED) is 0.774. The topological polar surface area (TPSA) is 82.2 Å². The minimum Gasteiger partial charge on any atom is -0.390 e. The van der Waals surface area contributed by atoms with Gasteiger partial charge in [-0.2, -0.15) is 0 Å². The molecule has 1 unspecified atom stereocenters. The summed E-state index contributed by atoms with van der Waals surface area (Å²) in [6.07, 6.45) is 4.38. The number of hydrogen-bond donors (Lipinski definition) is 3. The summed E-state index contributed by atoms with van der Waals surface area (Å²) in [6, 6.07) is 1.44. The van der Waals surface area contributed by atoms with Crippen LogP contribution in [-0.4, -0.2) is 24.6 Å². The molecule has 6 heteroatoms. The lowest BCUT2D eigenvalue weighted by molar-refractivity contribution is 0.277. The van der Waals surface area contributed by atoms with Crippen LogP contribution in [0.5, 0.6) is 0 Å². The van der Waals surface area contributed by atoms with Crippen molar-refractivity contribution in [1.82, 2.24) is 9.71 Å². The van der Waals surface area contributed by atoms with E-state index in [9.17, 15) is 8.42 Å². The molecule has 0 bridgehead atoms. The first kappa shape index (κ1) is 13.6. The average molecular weight is 272 g/mol. The molecular formula is C12H20N2O3S. The number of nitrogens with one attached hydrogen (secondary N) is 2. The SMILES string of the molecule is CC1(C)CCCC1NS(=O)(=O)c1c[nH]c(CO)c1. The van der Waals surface area contributed by atoms with E-state index < -0.39 is 10.0 Å². The highest BCUT2D eigenvalue weighted by atomic mass is 32.2. The maximum absolute atomic E-state index is 12.2. The summed E-state index contributed by atoms with van der Waals surface area (Å²) in [5.74, 6) is 0. The molecule has 0 radical (unpaired) electrons. The van der Waals surface area contributed by atoms with Crippen LogP contribution in [0.15, 0.2) is 17.2 Å². The highest BCUT2D eigenvalue weighted by Gasteiger charge is 2.37. The van der Waals surface area contributed by atoms with E-state index in [1.165, 1.54) is 12.3 Å². The molecule has 18 heavy (non-hydrogen) atoms. The van der Waals surface area contributed by atoms with E-state index >= 15 is 0 Å². The Balaban J connectivity index is 2.17. The first-order valence-corrected chi connectivity index (χ1v) is 7.64. The predicted molar refractivity (Wildman–Crippen MR) is 68.5 cm³/mol. The van der Waals surface area contributed by atoms with Crippen LogP contribution in [0, 0.1) is 5.41 Å². The number of hydrogen-bond acceptors (Lipinski definition) is 3. The first-order chi connectivity index (χ1) is 8.35. The van der Waals surface area contributed by atoms with Gasteiger partial charge < -0.3 is 10.1 Å². The van der Waals surface area contributed by atoms with E-state index in [1.54, 1.807) is 0 Å². The summed E-state index contributed by atoms with van der Waals surface area (Å²) in [5.41, 5.74) is 0.504. The van der Waals surface area contributed by atoms with Crippen molar-refractivity contribution in [3.8, 4) is 0 Å². The minimum atomic E-state index is -3.50. The Labute approximate surface area is 108 Å². The van der Waals surface area contributed by atoms with E-state index in [0.717, 1.165) is 19.3 Å². The molecule has 0 aromatic carbocycles. The molecule has 5 nitrogen and oxygen atoms in total. The molecule has 0 amide bonds. The molecule has 0 aliphatic heterocycles. The maximum Gasteiger partial charge on any atom is 0.242 e. The van der Waals surface area contributed by atoms with Gasteiger partial charge in [-0.1, -0.05) is 20.3 Å². The molecule has 3 N–H and O–H groups in total. The van der Waals surface area contributed by atoms with Crippen LogP contribution >= 0.6 is 0 Å². The molecule has 1 fully saturated rings. The van der Waals surface area contributed by atoms with Gasteiger partial charge in [0.1, 0.15) is 0 Å². The van der Waals surface area contributed by atoms with Gasteiger partial charge in [-0.25, -0.2) is 13.1 Å². The molecule has 1 aromatic rings. The van der Waals surface area contributed by atoms with Crippen LogP contribution in [0.4, 0.5) is 0 Å². The van der Waals surface area contributed by atoms with Crippen molar-refractivity contribution in [3.05, 3.63) is 18.0 Å². The van der Waals surface area contributed by atoms with E-state index in [0.29, 0.717) is 5.69 Å². The fourth-order valence-corrected chi connectivity index (χ4v) is 3.92. The van der Waals surface area contributed by atoms with E-state index in [4.69, 9.17) is 5.11 Å². The third-order valence-corrected chi connectivity index (χ3v) is 5.20. The Bertz CT molecular complexity index is 519. The van der Waals surface area contributed by atoms with Crippen molar-refractivity contribution in [2.45, 2.75) is 50.7 Å². The van der Waals surface area contributed by atoms with Gasteiger partial charge in [0.15, 0.2) is 0 Å². The van der Waals surface area contributed by atoms with E-state index in [2.05, 4.69) is 23.6 Å². The number of H-pyrrole nitrogens is 1. The molecule has 1 aliphatic rings. The van der Waals surface area contributed by atoms with Crippen LogP contribution in [0.1, 0.15) is 38.8 Å². The Hall–Kier alpha value is -0.850.